The highest BCUT2D eigenvalue weighted by Crippen LogP contribution is 2.23. The maximum Gasteiger partial charge on any atom is 0.351 e. The van der Waals surface area contributed by atoms with E-state index in [1.54, 1.807) is 36.4 Å². The van der Waals surface area contributed by atoms with Gasteiger partial charge in [-0.15, -0.1) is 0 Å². The highest BCUT2D eigenvalue weighted by atomic mass is 16.5. The molecule has 0 aliphatic rings. The first-order valence-corrected chi connectivity index (χ1v) is 8.52. The van der Waals surface area contributed by atoms with E-state index in [-0.39, 0.29) is 5.56 Å². The smallest absolute Gasteiger partial charge is 0.351 e. The third-order valence-electron chi connectivity index (χ3n) is 4.31. The first kappa shape index (κ1) is 16.8. The van der Waals surface area contributed by atoms with Crippen LogP contribution in [0.5, 0.6) is 5.75 Å². The summed E-state index contributed by atoms with van der Waals surface area (Å²) < 4.78 is 10.5. The number of para-hydroxylation sites is 1. The van der Waals surface area contributed by atoms with Gasteiger partial charge in [0.1, 0.15) is 16.9 Å². The Labute approximate surface area is 155 Å². The fourth-order valence-electron chi connectivity index (χ4n) is 2.83. The predicted octanol–water partition coefficient (Wildman–Crippen LogP) is 4.99. The van der Waals surface area contributed by atoms with E-state index in [4.69, 9.17) is 9.15 Å². The van der Waals surface area contributed by atoms with Crippen molar-refractivity contribution in [3.05, 3.63) is 100 Å². The Balaban J connectivity index is 1.57. The second-order valence-electron chi connectivity index (χ2n) is 6.27. The van der Waals surface area contributed by atoms with Crippen molar-refractivity contribution >= 4 is 16.9 Å². The number of esters is 1. The standard InChI is InChI=1S/C23H16O4/c1-15-6-8-16(9-7-15)17-10-12-19(13-11-17)26-22(24)20-14-18-4-2-3-5-21(18)27-23(20)25/h2-14H,1H3. The normalized spacial score (nSPS) is 10.7. The highest BCUT2D eigenvalue weighted by Gasteiger charge is 2.16. The summed E-state index contributed by atoms with van der Waals surface area (Å²) in [5.74, 6) is -0.374. The number of fused-ring (bicyclic) bond motifs is 1. The van der Waals surface area contributed by atoms with Crippen LogP contribution in [0.25, 0.3) is 22.1 Å². The van der Waals surface area contributed by atoms with Crippen LogP contribution in [0.1, 0.15) is 15.9 Å². The van der Waals surface area contributed by atoms with Gasteiger partial charge in [-0.2, -0.15) is 0 Å². The quantitative estimate of drug-likeness (QED) is 0.295. The summed E-state index contributed by atoms with van der Waals surface area (Å²) in [6.45, 7) is 2.04. The van der Waals surface area contributed by atoms with Crippen LogP contribution in [-0.2, 0) is 0 Å². The number of carbonyl (C=O) groups is 1. The first-order chi connectivity index (χ1) is 13.1. The molecule has 0 unspecified atom stereocenters. The van der Waals surface area contributed by atoms with E-state index in [2.05, 4.69) is 0 Å². The molecule has 0 aliphatic carbocycles. The molecule has 132 valence electrons. The Morgan fingerprint density at radius 2 is 1.48 bits per heavy atom. The molecule has 3 aromatic carbocycles. The zero-order valence-corrected chi connectivity index (χ0v) is 14.6. The second kappa shape index (κ2) is 6.92. The largest absolute Gasteiger partial charge is 0.423 e. The van der Waals surface area contributed by atoms with Crippen LogP contribution in [0.3, 0.4) is 0 Å². The number of ether oxygens (including phenoxy) is 1. The van der Waals surface area contributed by atoms with Crippen LogP contribution < -0.4 is 10.4 Å². The highest BCUT2D eigenvalue weighted by molar-refractivity contribution is 5.94. The molecule has 4 nitrogen and oxygen atoms in total. The fraction of sp³-hybridized carbons (Fsp3) is 0.0435. The molecule has 4 aromatic rings. The molecule has 0 atom stereocenters. The Morgan fingerprint density at radius 3 is 2.19 bits per heavy atom. The van der Waals surface area contributed by atoms with Gasteiger partial charge in [-0.25, -0.2) is 9.59 Å². The van der Waals surface area contributed by atoms with Crippen molar-refractivity contribution in [3.8, 4) is 16.9 Å². The molecular formula is C23H16O4. The summed E-state index contributed by atoms with van der Waals surface area (Å²) in [6, 6.07) is 23.8. The molecule has 0 aliphatic heterocycles. The van der Waals surface area contributed by atoms with Crippen LogP contribution >= 0.6 is 0 Å². The SMILES string of the molecule is Cc1ccc(-c2ccc(OC(=O)c3cc4ccccc4oc3=O)cc2)cc1. The van der Waals surface area contributed by atoms with Crippen LogP contribution in [-0.4, -0.2) is 5.97 Å². The molecule has 1 aromatic heterocycles. The molecular weight excluding hydrogens is 340 g/mol. The average molecular weight is 356 g/mol. The van der Waals surface area contributed by atoms with E-state index in [0.29, 0.717) is 16.7 Å². The van der Waals surface area contributed by atoms with Crippen LogP contribution in [0.4, 0.5) is 0 Å². The van der Waals surface area contributed by atoms with Gasteiger partial charge in [-0.3, -0.25) is 0 Å². The average Bonchev–Trinajstić information content (AvgIpc) is 2.68. The molecule has 0 saturated carbocycles. The van der Waals surface area contributed by atoms with Crippen LogP contribution in [0.15, 0.2) is 88.1 Å². The van der Waals surface area contributed by atoms with Gasteiger partial charge in [0.15, 0.2) is 0 Å². The minimum absolute atomic E-state index is 0.128. The summed E-state index contributed by atoms with van der Waals surface area (Å²) in [7, 11) is 0. The number of benzene rings is 3. The summed E-state index contributed by atoms with van der Waals surface area (Å²) in [4.78, 5) is 24.5. The zero-order chi connectivity index (χ0) is 18.8. The number of carbonyl (C=O) groups excluding carboxylic acids is 1. The van der Waals surface area contributed by atoms with Gasteiger partial charge in [-0.05, 0) is 42.3 Å². The van der Waals surface area contributed by atoms with Crippen LogP contribution in [0.2, 0.25) is 0 Å². The Kier molecular flexibility index (Phi) is 4.30. The third kappa shape index (κ3) is 3.51. The van der Waals surface area contributed by atoms with E-state index >= 15 is 0 Å². The van der Waals surface area contributed by atoms with Gasteiger partial charge in [0, 0.05) is 5.39 Å². The molecule has 0 fully saturated rings. The third-order valence-corrected chi connectivity index (χ3v) is 4.31. The van der Waals surface area contributed by atoms with Crippen LogP contribution in [0, 0.1) is 6.92 Å². The fourth-order valence-corrected chi connectivity index (χ4v) is 2.83. The van der Waals surface area contributed by atoms with Crippen molar-refractivity contribution < 1.29 is 13.9 Å². The summed E-state index contributed by atoms with van der Waals surface area (Å²) in [6.07, 6.45) is 0. The predicted molar refractivity (Wildman–Crippen MR) is 104 cm³/mol. The molecule has 0 spiro atoms. The lowest BCUT2D eigenvalue weighted by molar-refractivity contribution is 0.0730. The monoisotopic (exact) mass is 356 g/mol. The van der Waals surface area contributed by atoms with Crippen molar-refractivity contribution in [2.24, 2.45) is 0 Å². The molecule has 0 bridgehead atoms. The lowest BCUT2D eigenvalue weighted by Crippen LogP contribution is -2.18. The molecule has 1 heterocycles. The van der Waals surface area contributed by atoms with E-state index in [1.807, 2.05) is 43.3 Å². The Hall–Kier alpha value is -3.66. The molecule has 0 N–H and O–H groups in total. The van der Waals surface area contributed by atoms with Crippen molar-refractivity contribution in [1.29, 1.82) is 0 Å². The van der Waals surface area contributed by atoms with Gasteiger partial charge in [-0.1, -0.05) is 60.2 Å². The molecule has 4 rings (SSSR count). The Morgan fingerprint density at radius 1 is 0.852 bits per heavy atom. The number of hydrogen-bond donors (Lipinski definition) is 0. The van der Waals surface area contributed by atoms with Gasteiger partial charge >= 0.3 is 11.6 Å². The number of hydrogen-bond acceptors (Lipinski definition) is 4. The van der Waals surface area contributed by atoms with Gasteiger partial charge in [0.25, 0.3) is 0 Å². The minimum Gasteiger partial charge on any atom is -0.423 e. The number of aryl methyl sites for hydroxylation is 1. The van der Waals surface area contributed by atoms with Crippen molar-refractivity contribution in [2.75, 3.05) is 0 Å². The van der Waals surface area contributed by atoms with E-state index in [0.717, 1.165) is 11.1 Å². The van der Waals surface area contributed by atoms with E-state index in [9.17, 15) is 9.59 Å². The van der Waals surface area contributed by atoms with Gasteiger partial charge < -0.3 is 9.15 Å². The molecule has 4 heteroatoms. The number of rotatable bonds is 3. The summed E-state index contributed by atoms with van der Waals surface area (Å²) in [5.41, 5.74) is 2.87. The Bertz CT molecular complexity index is 1170. The molecule has 0 radical (unpaired) electrons. The van der Waals surface area contributed by atoms with Crippen molar-refractivity contribution in [3.63, 3.8) is 0 Å². The maximum atomic E-state index is 12.4. The van der Waals surface area contributed by atoms with Crippen molar-refractivity contribution in [2.45, 2.75) is 6.92 Å². The molecule has 0 saturated heterocycles. The van der Waals surface area contributed by atoms with Gasteiger partial charge in [0.2, 0.25) is 0 Å². The molecule has 0 amide bonds. The molecule has 27 heavy (non-hydrogen) atoms. The lowest BCUT2D eigenvalue weighted by Gasteiger charge is -2.06. The second-order valence-corrected chi connectivity index (χ2v) is 6.27. The topological polar surface area (TPSA) is 56.5 Å². The van der Waals surface area contributed by atoms with Gasteiger partial charge in [0.05, 0.1) is 0 Å². The minimum atomic E-state index is -0.738. The maximum absolute atomic E-state index is 12.4. The van der Waals surface area contributed by atoms with Crippen molar-refractivity contribution in [1.82, 2.24) is 0 Å². The van der Waals surface area contributed by atoms with E-state index < -0.39 is 11.6 Å². The summed E-state index contributed by atoms with van der Waals surface area (Å²) in [5, 5.41) is 0.666. The first-order valence-electron chi connectivity index (χ1n) is 8.52. The zero-order valence-electron chi connectivity index (χ0n) is 14.6. The van der Waals surface area contributed by atoms with E-state index in [1.165, 1.54) is 11.6 Å². The lowest BCUT2D eigenvalue weighted by atomic mass is 10.0. The summed E-state index contributed by atoms with van der Waals surface area (Å²) >= 11 is 0.